The van der Waals surface area contributed by atoms with Crippen LogP contribution in [0.1, 0.15) is 44.5 Å². The van der Waals surface area contributed by atoms with Gasteiger partial charge in [0.1, 0.15) is 5.58 Å². The van der Waals surface area contributed by atoms with Crippen molar-refractivity contribution in [2.24, 2.45) is 0 Å². The molecule has 4 heteroatoms. The Morgan fingerprint density at radius 2 is 0.544 bits per heavy atom. The molecule has 532 valence electrons. The highest BCUT2D eigenvalue weighted by atomic mass is 32.1. The summed E-state index contributed by atoms with van der Waals surface area (Å²) in [4.78, 5) is 4.98. The Hall–Kier alpha value is -14.4. The molecule has 0 atom stereocenters. The molecule has 4 aliphatic rings. The average molecular weight is 1470 g/mol. The van der Waals surface area contributed by atoms with E-state index in [0.29, 0.717) is 0 Å². The third kappa shape index (κ3) is 9.75. The van der Waals surface area contributed by atoms with Gasteiger partial charge in [0, 0.05) is 48.7 Å². The predicted octanol–water partition coefficient (Wildman–Crippen LogP) is 29.9. The maximum Gasteiger partial charge on any atom is 0.159 e. The van der Waals surface area contributed by atoms with Crippen LogP contribution in [0.5, 0.6) is 0 Å². The Labute approximate surface area is 666 Å². The molecule has 2 heterocycles. The summed E-state index contributed by atoms with van der Waals surface area (Å²) < 4.78 is 9.41. The Bertz CT molecular complexity index is 6700. The SMILES string of the molecule is c1ccc(-c2ccc(N(c3ccc4c(c3)C3(c5ccccc5-c5ccccc53)c3ccccc3-4)c3cccc4c3oc3ccccc34)c(-c3ccccc3)c2)cc1.c1ccc(-c2ccc(N(c3ccc4c(c3)C3(c5ccccc5-c5ccccc53)c3ccccc3-4)c3cccc4c3sc3ccccc34)c(-c3ccccc3)c2)cc1. The number of rotatable bonds is 10. The number of anilines is 6. The fourth-order valence-corrected chi connectivity index (χ4v) is 21.1. The highest BCUT2D eigenvalue weighted by Gasteiger charge is 2.53. The molecule has 0 saturated heterocycles. The van der Waals surface area contributed by atoms with Gasteiger partial charge in [-0.2, -0.15) is 0 Å². The van der Waals surface area contributed by atoms with Crippen LogP contribution >= 0.6 is 11.3 Å². The van der Waals surface area contributed by atoms with Crippen molar-refractivity contribution in [3.8, 4) is 89.0 Å². The van der Waals surface area contributed by atoms with Crippen molar-refractivity contribution >= 4 is 87.6 Å². The molecule has 0 aliphatic heterocycles. The van der Waals surface area contributed by atoms with Gasteiger partial charge in [-0.1, -0.05) is 352 Å². The molecule has 0 saturated carbocycles. The van der Waals surface area contributed by atoms with E-state index in [0.717, 1.165) is 61.5 Å². The van der Waals surface area contributed by atoms with Crippen LogP contribution in [0.3, 0.4) is 0 Å². The van der Waals surface area contributed by atoms with Gasteiger partial charge in [0.05, 0.1) is 38.3 Å². The van der Waals surface area contributed by atoms with Crippen molar-refractivity contribution in [1.82, 2.24) is 0 Å². The first kappa shape index (κ1) is 65.5. The van der Waals surface area contributed by atoms with Crippen molar-refractivity contribution in [1.29, 1.82) is 0 Å². The van der Waals surface area contributed by atoms with E-state index in [4.69, 9.17) is 4.42 Å². The molecule has 20 aromatic rings. The molecule has 4 aliphatic carbocycles. The quantitative estimate of drug-likeness (QED) is 0.136. The lowest BCUT2D eigenvalue weighted by molar-refractivity contribution is 0.669. The van der Waals surface area contributed by atoms with Crippen LogP contribution in [0.15, 0.2) is 429 Å². The molecule has 114 heavy (non-hydrogen) atoms. The summed E-state index contributed by atoms with van der Waals surface area (Å²) in [6, 6.07) is 156. The van der Waals surface area contributed by atoms with Crippen LogP contribution in [0.25, 0.3) is 131 Å². The average Bonchev–Trinajstić information content (AvgIpc) is 1.51. The first-order valence-electron chi connectivity index (χ1n) is 39.4. The number of hydrogen-bond acceptors (Lipinski definition) is 4. The summed E-state index contributed by atoms with van der Waals surface area (Å²) in [5.74, 6) is 0. The van der Waals surface area contributed by atoms with Gasteiger partial charge in [0.2, 0.25) is 0 Å². The zero-order valence-electron chi connectivity index (χ0n) is 62.1. The summed E-state index contributed by atoms with van der Waals surface area (Å²) in [6.45, 7) is 0. The summed E-state index contributed by atoms with van der Waals surface area (Å²) in [7, 11) is 0. The Kier molecular flexibility index (Phi) is 15.0. The minimum absolute atomic E-state index is 0.441. The van der Waals surface area contributed by atoms with E-state index in [9.17, 15) is 0 Å². The lowest BCUT2D eigenvalue weighted by atomic mass is 9.70. The molecule has 2 aromatic heterocycles. The van der Waals surface area contributed by atoms with Crippen molar-refractivity contribution < 1.29 is 4.42 Å². The number of benzene rings is 18. The van der Waals surface area contributed by atoms with Gasteiger partial charge >= 0.3 is 0 Å². The summed E-state index contributed by atoms with van der Waals surface area (Å²) in [5.41, 5.74) is 37.9. The second kappa shape index (κ2) is 26.1. The number of para-hydroxylation sites is 2. The van der Waals surface area contributed by atoms with Crippen LogP contribution in [0.2, 0.25) is 0 Å². The summed E-state index contributed by atoms with van der Waals surface area (Å²) >= 11 is 1.88. The lowest BCUT2D eigenvalue weighted by Gasteiger charge is -2.33. The first-order valence-corrected chi connectivity index (χ1v) is 40.2. The highest BCUT2D eigenvalue weighted by molar-refractivity contribution is 7.26. The third-order valence-corrected chi connectivity index (χ3v) is 25.8. The maximum atomic E-state index is 6.83. The maximum absolute atomic E-state index is 6.83. The number of fused-ring (bicyclic) bond motifs is 26. The van der Waals surface area contributed by atoms with Gasteiger partial charge in [-0.3, -0.25) is 0 Å². The monoisotopic (exact) mass is 1470 g/mol. The van der Waals surface area contributed by atoms with Crippen molar-refractivity contribution in [3.05, 3.63) is 469 Å². The van der Waals surface area contributed by atoms with Crippen molar-refractivity contribution in [2.45, 2.75) is 10.8 Å². The lowest BCUT2D eigenvalue weighted by Crippen LogP contribution is -2.26. The van der Waals surface area contributed by atoms with E-state index >= 15 is 0 Å². The summed E-state index contributed by atoms with van der Waals surface area (Å²) in [6.07, 6.45) is 0. The first-order chi connectivity index (χ1) is 56.6. The van der Waals surface area contributed by atoms with E-state index in [1.165, 1.54) is 148 Å². The molecule has 18 aromatic carbocycles. The zero-order valence-corrected chi connectivity index (χ0v) is 62.9. The number of hydrogen-bond donors (Lipinski definition) is 0. The van der Waals surface area contributed by atoms with Crippen LogP contribution < -0.4 is 9.80 Å². The molecule has 0 bridgehead atoms. The van der Waals surface area contributed by atoms with Crippen molar-refractivity contribution in [3.63, 3.8) is 0 Å². The van der Waals surface area contributed by atoms with Gasteiger partial charge < -0.3 is 14.2 Å². The second-order valence-electron chi connectivity index (χ2n) is 30.3. The second-order valence-corrected chi connectivity index (χ2v) is 31.4. The van der Waals surface area contributed by atoms with Crippen LogP contribution in [0, 0.1) is 0 Å². The molecule has 0 amide bonds. The molecule has 24 rings (SSSR count). The molecule has 2 spiro atoms. The zero-order chi connectivity index (χ0) is 75.0. The normalized spacial score (nSPS) is 13.1. The topological polar surface area (TPSA) is 19.6 Å². The van der Waals surface area contributed by atoms with Gasteiger partial charge in [-0.05, 0) is 195 Å². The Balaban J connectivity index is 0.000000135. The van der Waals surface area contributed by atoms with E-state index in [-0.39, 0.29) is 0 Å². The Morgan fingerprint density at radius 1 is 0.202 bits per heavy atom. The fourth-order valence-electron chi connectivity index (χ4n) is 19.9. The minimum Gasteiger partial charge on any atom is -0.454 e. The van der Waals surface area contributed by atoms with Gasteiger partial charge in [-0.15, -0.1) is 11.3 Å². The van der Waals surface area contributed by atoms with Crippen LogP contribution in [-0.2, 0) is 10.8 Å². The van der Waals surface area contributed by atoms with Crippen LogP contribution in [-0.4, -0.2) is 0 Å². The fraction of sp³-hybridized carbons (Fsp3) is 0.0182. The predicted molar refractivity (Wildman–Crippen MR) is 477 cm³/mol. The molecular weight excluding hydrogens is 1400 g/mol. The molecule has 0 radical (unpaired) electrons. The van der Waals surface area contributed by atoms with Crippen LogP contribution in [0.4, 0.5) is 34.1 Å². The smallest absolute Gasteiger partial charge is 0.159 e. The number of thiophene rings is 1. The standard InChI is InChI=1S/C55H35NO.C55H35NS/c2*1-3-16-36(17-4-1)38-30-33-51(46(34-38)37-18-5-2-6-19-37)56(52-28-15-24-45-44-23-10-14-29-53(44)57-54(45)52)39-31-32-43-42-22-9-13-27-49(42)55(50(43)35-39)47-25-11-7-20-40(47)41-21-8-12-26-48(41)55/h2*1-35H. The molecule has 0 fully saturated rings. The largest absolute Gasteiger partial charge is 0.454 e. The van der Waals surface area contributed by atoms with Gasteiger partial charge in [-0.25, -0.2) is 0 Å². The van der Waals surface area contributed by atoms with Gasteiger partial charge in [0.25, 0.3) is 0 Å². The molecular formula is C110H70N2OS. The van der Waals surface area contributed by atoms with E-state index < -0.39 is 10.8 Å². The summed E-state index contributed by atoms with van der Waals surface area (Å²) in [5, 5.41) is 4.78. The van der Waals surface area contributed by atoms with E-state index in [1.54, 1.807) is 0 Å². The number of furan rings is 1. The molecule has 3 nitrogen and oxygen atoms in total. The molecule has 0 N–H and O–H groups in total. The molecule has 0 unspecified atom stereocenters. The minimum atomic E-state index is -0.467. The third-order valence-electron chi connectivity index (χ3n) is 24.6. The number of nitrogens with zero attached hydrogens (tertiary/aromatic N) is 2. The van der Waals surface area contributed by atoms with E-state index in [1.807, 2.05) is 17.4 Å². The van der Waals surface area contributed by atoms with E-state index in [2.05, 4.69) is 428 Å². The van der Waals surface area contributed by atoms with Crippen molar-refractivity contribution in [2.75, 3.05) is 9.80 Å². The van der Waals surface area contributed by atoms with Gasteiger partial charge in [0.15, 0.2) is 5.58 Å². The highest BCUT2D eigenvalue weighted by Crippen LogP contribution is 2.66. The Morgan fingerprint density at radius 3 is 0.991 bits per heavy atom.